The number of ether oxygens (including phenoxy) is 1. The molecule has 0 fully saturated rings. The van der Waals surface area contributed by atoms with E-state index in [-0.39, 0.29) is 0 Å². The van der Waals surface area contributed by atoms with E-state index in [0.29, 0.717) is 21.3 Å². The van der Waals surface area contributed by atoms with Crippen molar-refractivity contribution in [2.24, 2.45) is 0 Å². The van der Waals surface area contributed by atoms with Crippen LogP contribution in [0.2, 0.25) is 0 Å². The highest BCUT2D eigenvalue weighted by atomic mass is 79.9. The molecule has 1 nitrogen and oxygen atoms in total. The number of benzene rings is 2. The van der Waals surface area contributed by atoms with Crippen molar-refractivity contribution in [3.63, 3.8) is 0 Å². The molecule has 4 heteroatoms. The van der Waals surface area contributed by atoms with Gasteiger partial charge in [0.2, 0.25) is 0 Å². The summed E-state index contributed by atoms with van der Waals surface area (Å²) in [7, 11) is 1.44. The first-order chi connectivity index (χ1) is 8.11. The van der Waals surface area contributed by atoms with Gasteiger partial charge in [-0.3, -0.25) is 0 Å². The van der Waals surface area contributed by atoms with E-state index in [2.05, 4.69) is 15.9 Å². The van der Waals surface area contributed by atoms with E-state index < -0.39 is 11.6 Å². The van der Waals surface area contributed by atoms with Gasteiger partial charge < -0.3 is 4.74 Å². The molecule has 0 heterocycles. The molecule has 0 saturated carbocycles. The molecular weight excluding hydrogens is 290 g/mol. The Hall–Kier alpha value is -1.42. The van der Waals surface area contributed by atoms with Crippen molar-refractivity contribution in [2.45, 2.75) is 0 Å². The van der Waals surface area contributed by atoms with E-state index in [1.807, 2.05) is 0 Å². The van der Waals surface area contributed by atoms with Gasteiger partial charge in [0.25, 0.3) is 0 Å². The summed E-state index contributed by atoms with van der Waals surface area (Å²) >= 11 is 3.25. The van der Waals surface area contributed by atoms with Crippen molar-refractivity contribution in [1.29, 1.82) is 0 Å². The smallest absolute Gasteiger partial charge is 0.132 e. The van der Waals surface area contributed by atoms with Gasteiger partial charge in [-0.2, -0.15) is 0 Å². The van der Waals surface area contributed by atoms with Crippen LogP contribution in [-0.4, -0.2) is 7.11 Å². The second-order valence-electron chi connectivity index (χ2n) is 3.48. The maximum absolute atomic E-state index is 13.7. The Morgan fingerprint density at radius 1 is 1.12 bits per heavy atom. The van der Waals surface area contributed by atoms with Crippen LogP contribution in [0.5, 0.6) is 5.75 Å². The summed E-state index contributed by atoms with van der Waals surface area (Å²) in [6.45, 7) is 0. The molecule has 0 aliphatic heterocycles. The molecule has 0 aliphatic rings. The zero-order valence-corrected chi connectivity index (χ0v) is 10.6. The molecule has 0 atom stereocenters. The van der Waals surface area contributed by atoms with Gasteiger partial charge >= 0.3 is 0 Å². The Labute approximate surface area is 106 Å². The summed E-state index contributed by atoms with van der Waals surface area (Å²) in [4.78, 5) is 0. The third-order valence-electron chi connectivity index (χ3n) is 2.36. The van der Waals surface area contributed by atoms with Crippen molar-refractivity contribution in [2.75, 3.05) is 7.11 Å². The minimum Gasteiger partial charge on any atom is -0.497 e. The Morgan fingerprint density at radius 2 is 1.88 bits per heavy atom. The predicted octanol–water partition coefficient (Wildman–Crippen LogP) is 4.40. The van der Waals surface area contributed by atoms with Crippen LogP contribution in [0.3, 0.4) is 0 Å². The second-order valence-corrected chi connectivity index (χ2v) is 4.33. The van der Waals surface area contributed by atoms with Crippen molar-refractivity contribution in [3.8, 4) is 16.9 Å². The van der Waals surface area contributed by atoms with Crippen LogP contribution in [-0.2, 0) is 0 Å². The topological polar surface area (TPSA) is 9.23 Å². The highest BCUT2D eigenvalue weighted by Gasteiger charge is 2.11. The summed E-state index contributed by atoms with van der Waals surface area (Å²) in [5.74, 6) is -0.517. The van der Waals surface area contributed by atoms with Gasteiger partial charge in [0.15, 0.2) is 0 Å². The van der Waals surface area contributed by atoms with Crippen LogP contribution in [0, 0.1) is 11.6 Å². The molecule has 0 spiro atoms. The highest BCUT2D eigenvalue weighted by molar-refractivity contribution is 9.10. The molecule has 17 heavy (non-hydrogen) atoms. The Balaban J connectivity index is 2.64. The zero-order chi connectivity index (χ0) is 12.4. The highest BCUT2D eigenvalue weighted by Crippen LogP contribution is 2.33. The fourth-order valence-electron chi connectivity index (χ4n) is 1.60. The number of hydrogen-bond acceptors (Lipinski definition) is 1. The van der Waals surface area contributed by atoms with Crippen LogP contribution >= 0.6 is 15.9 Å². The molecule has 88 valence electrons. The van der Waals surface area contributed by atoms with Gasteiger partial charge in [0, 0.05) is 16.1 Å². The van der Waals surface area contributed by atoms with Crippen molar-refractivity contribution in [1.82, 2.24) is 0 Å². The summed E-state index contributed by atoms with van der Waals surface area (Å²) in [6, 6.07) is 8.73. The third kappa shape index (κ3) is 2.47. The molecule has 0 unspecified atom stereocenters. The molecule has 2 aromatic rings. The van der Waals surface area contributed by atoms with E-state index in [4.69, 9.17) is 4.74 Å². The molecule has 0 bridgehead atoms. The van der Waals surface area contributed by atoms with Crippen LogP contribution < -0.4 is 4.74 Å². The predicted molar refractivity (Wildman–Crippen MR) is 66.0 cm³/mol. The van der Waals surface area contributed by atoms with E-state index in [0.717, 1.165) is 0 Å². The number of methoxy groups -OCH3 is 1. The first-order valence-corrected chi connectivity index (χ1v) is 5.70. The first-order valence-electron chi connectivity index (χ1n) is 4.91. The molecule has 0 saturated heterocycles. The average Bonchev–Trinajstić information content (AvgIpc) is 2.28. The van der Waals surface area contributed by atoms with E-state index >= 15 is 0 Å². The molecule has 0 aliphatic carbocycles. The Kier molecular flexibility index (Phi) is 3.43. The van der Waals surface area contributed by atoms with Crippen LogP contribution in [0.15, 0.2) is 40.9 Å². The van der Waals surface area contributed by atoms with Crippen LogP contribution in [0.4, 0.5) is 8.78 Å². The zero-order valence-electron chi connectivity index (χ0n) is 9.01. The van der Waals surface area contributed by atoms with Crippen molar-refractivity contribution < 1.29 is 13.5 Å². The molecule has 2 aromatic carbocycles. The molecule has 0 aromatic heterocycles. The normalized spacial score (nSPS) is 10.4. The maximum atomic E-state index is 13.7. The van der Waals surface area contributed by atoms with Crippen LogP contribution in [0.1, 0.15) is 0 Å². The van der Waals surface area contributed by atoms with Gasteiger partial charge in [-0.1, -0.05) is 22.0 Å². The van der Waals surface area contributed by atoms with Crippen molar-refractivity contribution in [3.05, 3.63) is 52.5 Å². The summed E-state index contributed by atoms with van der Waals surface area (Å²) in [5, 5.41) is 0. The lowest BCUT2D eigenvalue weighted by Crippen LogP contribution is -1.90. The number of rotatable bonds is 2. The lowest BCUT2D eigenvalue weighted by molar-refractivity contribution is 0.411. The van der Waals surface area contributed by atoms with E-state index in [9.17, 15) is 8.78 Å². The molecule has 0 radical (unpaired) electrons. The molecule has 2 rings (SSSR count). The Bertz CT molecular complexity index is 535. The fraction of sp³-hybridized carbons (Fsp3) is 0.0769. The molecular formula is C13H9BrF2O. The van der Waals surface area contributed by atoms with Gasteiger partial charge in [-0.25, -0.2) is 8.78 Å². The quantitative estimate of drug-likeness (QED) is 0.798. The minimum atomic E-state index is -0.463. The maximum Gasteiger partial charge on any atom is 0.132 e. The third-order valence-corrected chi connectivity index (χ3v) is 3.02. The first kappa shape index (κ1) is 12.0. The lowest BCUT2D eigenvalue weighted by atomic mass is 10.0. The average molecular weight is 299 g/mol. The molecule has 0 N–H and O–H groups in total. The SMILES string of the molecule is COc1cc(F)cc(-c2c(F)cccc2Br)c1. The van der Waals surface area contributed by atoms with Gasteiger partial charge in [0.05, 0.1) is 7.11 Å². The monoisotopic (exact) mass is 298 g/mol. The largest absolute Gasteiger partial charge is 0.497 e. The van der Waals surface area contributed by atoms with E-state index in [1.54, 1.807) is 18.2 Å². The summed E-state index contributed by atoms with van der Waals surface area (Å²) in [5.41, 5.74) is 0.761. The summed E-state index contributed by atoms with van der Waals surface area (Å²) in [6.07, 6.45) is 0. The Morgan fingerprint density at radius 3 is 2.53 bits per heavy atom. The standard InChI is InChI=1S/C13H9BrF2O/c1-17-10-6-8(5-9(15)7-10)13-11(14)3-2-4-12(13)16/h2-7H,1H3. The molecule has 0 amide bonds. The van der Waals surface area contributed by atoms with Crippen molar-refractivity contribution >= 4 is 15.9 Å². The van der Waals surface area contributed by atoms with Gasteiger partial charge in [0.1, 0.15) is 17.4 Å². The van der Waals surface area contributed by atoms with Gasteiger partial charge in [-0.15, -0.1) is 0 Å². The lowest BCUT2D eigenvalue weighted by Gasteiger charge is -2.08. The minimum absolute atomic E-state index is 0.324. The number of halogens is 3. The van der Waals surface area contributed by atoms with Crippen LogP contribution in [0.25, 0.3) is 11.1 Å². The van der Waals surface area contributed by atoms with E-state index in [1.165, 1.54) is 25.3 Å². The fourth-order valence-corrected chi connectivity index (χ4v) is 2.17. The number of hydrogen-bond donors (Lipinski definition) is 0. The second kappa shape index (κ2) is 4.84. The van der Waals surface area contributed by atoms with Gasteiger partial charge in [-0.05, 0) is 29.8 Å². The summed E-state index contributed by atoms with van der Waals surface area (Å²) < 4.78 is 32.6.